The second kappa shape index (κ2) is 6.81. The van der Waals surface area contributed by atoms with Gasteiger partial charge in [0.15, 0.2) is 0 Å². The molecule has 0 radical (unpaired) electrons. The average molecular weight is 439 g/mol. The van der Waals surface area contributed by atoms with E-state index in [0.717, 1.165) is 10.8 Å². The van der Waals surface area contributed by atoms with E-state index in [2.05, 4.69) is 4.98 Å². The Morgan fingerprint density at radius 1 is 1.12 bits per heavy atom. The van der Waals surface area contributed by atoms with Crippen molar-refractivity contribution in [2.75, 3.05) is 0 Å². The molecule has 0 aliphatic rings. The zero-order valence-electron chi connectivity index (χ0n) is 11.0. The zero-order chi connectivity index (χ0) is 18.3. The van der Waals surface area contributed by atoms with Gasteiger partial charge in [-0.25, -0.2) is 4.98 Å². The van der Waals surface area contributed by atoms with Gasteiger partial charge in [-0.3, -0.25) is 4.57 Å². The van der Waals surface area contributed by atoms with Gasteiger partial charge in [-0.1, -0.05) is 46.4 Å². The fourth-order valence-corrected chi connectivity index (χ4v) is 3.41. The second-order valence-corrected chi connectivity index (χ2v) is 7.90. The van der Waals surface area contributed by atoms with Gasteiger partial charge in [0, 0.05) is 6.20 Å². The molecule has 3 nitrogen and oxygen atoms in total. The van der Waals surface area contributed by atoms with E-state index in [1.54, 1.807) is 6.07 Å². The zero-order valence-corrected chi connectivity index (χ0v) is 14.8. The third-order valence-electron chi connectivity index (χ3n) is 2.59. The number of halogens is 8. The van der Waals surface area contributed by atoms with Gasteiger partial charge in [-0.2, -0.15) is 22.8 Å². The van der Waals surface area contributed by atoms with E-state index in [-0.39, 0.29) is 38.3 Å². The van der Waals surface area contributed by atoms with Crippen LogP contribution in [-0.4, -0.2) is 13.5 Å². The first-order chi connectivity index (χ1) is 10.9. The molecular weight excluding hydrogens is 436 g/mol. The number of rotatable bonds is 3. The van der Waals surface area contributed by atoms with Crippen LogP contribution in [-0.2, 0) is 6.18 Å². The van der Waals surface area contributed by atoms with Gasteiger partial charge in [-0.15, -0.1) is 0 Å². The van der Waals surface area contributed by atoms with Gasteiger partial charge in [0.05, 0.1) is 21.3 Å². The molecule has 1 heterocycles. The molecule has 128 valence electrons. The number of aromatic nitrogens is 2. The lowest BCUT2D eigenvalue weighted by atomic mass is 10.2. The second-order valence-electron chi connectivity index (χ2n) is 4.22. The Morgan fingerprint density at radius 3 is 2.08 bits per heavy atom. The number of nitrogens with zero attached hydrogens (tertiary/aromatic N) is 3. The lowest BCUT2D eigenvalue weighted by Crippen LogP contribution is -2.07. The van der Waals surface area contributed by atoms with E-state index in [4.69, 9.17) is 51.7 Å². The number of nitriles is 1. The third kappa shape index (κ3) is 4.41. The van der Waals surface area contributed by atoms with Gasteiger partial charge >= 0.3 is 10.1 Å². The summed E-state index contributed by atoms with van der Waals surface area (Å²) in [7, 11) is 0. The SMILES string of the molecule is N#Cc1nc(SC(F)(Cl)Cl)cn1-c1c(Cl)cc(C(F)(F)F)cc1Cl. The van der Waals surface area contributed by atoms with E-state index in [0.29, 0.717) is 12.1 Å². The predicted molar refractivity (Wildman–Crippen MR) is 84.7 cm³/mol. The molecule has 0 spiro atoms. The lowest BCUT2D eigenvalue weighted by molar-refractivity contribution is -0.137. The van der Waals surface area contributed by atoms with Crippen LogP contribution in [0.25, 0.3) is 5.69 Å². The maximum absolute atomic E-state index is 13.2. The summed E-state index contributed by atoms with van der Waals surface area (Å²) in [6.45, 7) is 0. The first kappa shape index (κ1) is 19.5. The van der Waals surface area contributed by atoms with Crippen molar-refractivity contribution in [2.24, 2.45) is 0 Å². The van der Waals surface area contributed by atoms with Crippen LogP contribution < -0.4 is 0 Å². The van der Waals surface area contributed by atoms with Crippen molar-refractivity contribution in [3.63, 3.8) is 0 Å². The van der Waals surface area contributed by atoms with Crippen LogP contribution in [0.15, 0.2) is 23.4 Å². The van der Waals surface area contributed by atoms with Crippen molar-refractivity contribution >= 4 is 58.2 Å². The molecule has 0 N–H and O–H groups in total. The van der Waals surface area contributed by atoms with E-state index in [9.17, 15) is 17.6 Å². The molecule has 12 heteroatoms. The molecule has 2 aromatic rings. The van der Waals surface area contributed by atoms with E-state index in [1.165, 1.54) is 0 Å². The van der Waals surface area contributed by atoms with Crippen molar-refractivity contribution < 1.29 is 17.6 Å². The minimum Gasteiger partial charge on any atom is -0.287 e. The molecule has 1 aromatic heterocycles. The van der Waals surface area contributed by atoms with Crippen molar-refractivity contribution in [3.05, 3.63) is 39.8 Å². The topological polar surface area (TPSA) is 41.6 Å². The van der Waals surface area contributed by atoms with Crippen LogP contribution in [0.3, 0.4) is 0 Å². The molecule has 0 saturated heterocycles. The van der Waals surface area contributed by atoms with Gasteiger partial charge in [0.25, 0.3) is 0 Å². The molecule has 0 bridgehead atoms. The summed E-state index contributed by atoms with van der Waals surface area (Å²) >= 11 is 22.4. The van der Waals surface area contributed by atoms with Gasteiger partial charge < -0.3 is 0 Å². The highest BCUT2D eigenvalue weighted by atomic mass is 35.5. The third-order valence-corrected chi connectivity index (χ3v) is 4.27. The Hall–Kier alpha value is -0.850. The molecule has 2 rings (SSSR count). The predicted octanol–water partition coefficient (Wildman–Crippen LogP) is 6.22. The van der Waals surface area contributed by atoms with Crippen LogP contribution >= 0.6 is 58.2 Å². The molecule has 0 fully saturated rings. The number of alkyl halides is 6. The summed E-state index contributed by atoms with van der Waals surface area (Å²) < 4.78 is 49.8. The number of benzene rings is 1. The quantitative estimate of drug-likeness (QED) is 0.324. The lowest BCUT2D eigenvalue weighted by Gasteiger charge is -2.13. The monoisotopic (exact) mass is 437 g/mol. The summed E-state index contributed by atoms with van der Waals surface area (Å²) in [6.07, 6.45) is -3.52. The highest BCUT2D eigenvalue weighted by molar-refractivity contribution is 8.03. The van der Waals surface area contributed by atoms with E-state index < -0.39 is 15.7 Å². The Kier molecular flexibility index (Phi) is 5.52. The maximum Gasteiger partial charge on any atom is 0.416 e. The number of hydrogen-bond donors (Lipinski definition) is 0. The van der Waals surface area contributed by atoms with Crippen LogP contribution in [0.4, 0.5) is 17.6 Å². The fraction of sp³-hybridized carbons (Fsp3) is 0.167. The summed E-state index contributed by atoms with van der Waals surface area (Å²) in [4.78, 5) is 3.76. The van der Waals surface area contributed by atoms with Crippen LogP contribution in [0.5, 0.6) is 0 Å². The van der Waals surface area contributed by atoms with Crippen LogP contribution in [0.2, 0.25) is 10.0 Å². The first-order valence-electron chi connectivity index (χ1n) is 5.74. The number of hydrogen-bond acceptors (Lipinski definition) is 3. The van der Waals surface area contributed by atoms with Crippen molar-refractivity contribution in [1.82, 2.24) is 9.55 Å². The molecule has 0 saturated carbocycles. The smallest absolute Gasteiger partial charge is 0.287 e. The molecule has 0 atom stereocenters. The molecule has 24 heavy (non-hydrogen) atoms. The highest BCUT2D eigenvalue weighted by Crippen LogP contribution is 2.42. The molecule has 1 aromatic carbocycles. The minimum atomic E-state index is -4.65. The summed E-state index contributed by atoms with van der Waals surface area (Å²) in [6, 6.07) is 2.99. The Bertz CT molecular complexity index is 800. The Morgan fingerprint density at radius 2 is 1.67 bits per heavy atom. The number of imidazole rings is 1. The van der Waals surface area contributed by atoms with Gasteiger partial charge in [0.1, 0.15) is 11.1 Å². The summed E-state index contributed by atoms with van der Waals surface area (Å²) in [5.74, 6) is -0.293. The van der Waals surface area contributed by atoms with Gasteiger partial charge in [-0.05, 0) is 23.9 Å². The van der Waals surface area contributed by atoms with Crippen molar-refractivity contribution in [1.29, 1.82) is 5.26 Å². The van der Waals surface area contributed by atoms with Crippen molar-refractivity contribution in [2.45, 2.75) is 15.1 Å². The van der Waals surface area contributed by atoms with E-state index >= 15 is 0 Å². The average Bonchev–Trinajstić information content (AvgIpc) is 2.77. The molecule has 0 aliphatic carbocycles. The molecule has 0 aliphatic heterocycles. The summed E-state index contributed by atoms with van der Waals surface area (Å²) in [5, 5.41) is 8.25. The standard InChI is InChI=1S/C12H3Cl4F4N3S/c13-6-1-5(11(17,18)19)2-7(14)10(6)23-4-9(22-8(23)3-21)24-12(15,16)20/h1-2,4H. The fourth-order valence-electron chi connectivity index (χ4n) is 1.74. The normalized spacial score (nSPS) is 12.3. The highest BCUT2D eigenvalue weighted by Gasteiger charge is 2.33. The molecule has 0 unspecified atom stereocenters. The van der Waals surface area contributed by atoms with Crippen molar-refractivity contribution in [3.8, 4) is 11.8 Å². The molecule has 0 amide bonds. The van der Waals surface area contributed by atoms with Crippen LogP contribution in [0, 0.1) is 11.3 Å². The summed E-state index contributed by atoms with van der Waals surface area (Å²) in [5.41, 5.74) is -1.17. The van der Waals surface area contributed by atoms with E-state index in [1.807, 2.05) is 0 Å². The minimum absolute atomic E-state index is 0.0916. The maximum atomic E-state index is 13.2. The largest absolute Gasteiger partial charge is 0.416 e. The Balaban J connectivity index is 2.59. The Labute approximate surface area is 157 Å². The van der Waals surface area contributed by atoms with Gasteiger partial charge in [0.2, 0.25) is 5.82 Å². The first-order valence-corrected chi connectivity index (χ1v) is 8.07. The molecular formula is C12H3Cl4F4N3S. The van der Waals surface area contributed by atoms with Crippen LogP contribution in [0.1, 0.15) is 11.4 Å². The number of thioether (sulfide) groups is 1.